The molecule has 2 aliphatic rings. The molecule has 1 aromatic carbocycles. The fourth-order valence-corrected chi connectivity index (χ4v) is 5.09. The predicted molar refractivity (Wildman–Crippen MR) is 134 cm³/mol. The highest BCUT2D eigenvalue weighted by Crippen LogP contribution is 2.36. The Balaban J connectivity index is 1.68. The molecule has 3 rings (SSSR count). The lowest BCUT2D eigenvalue weighted by Crippen LogP contribution is -2.61. The number of hydrogen-bond acceptors (Lipinski definition) is 6. The zero-order chi connectivity index (χ0) is 23.5. The van der Waals surface area contributed by atoms with Crippen LogP contribution in [0.2, 0.25) is 0 Å². The van der Waals surface area contributed by atoms with Crippen molar-refractivity contribution < 1.29 is 0 Å². The molecule has 1 saturated heterocycles. The van der Waals surface area contributed by atoms with E-state index in [1.54, 1.807) is 6.20 Å². The lowest BCUT2D eigenvalue weighted by Gasteiger charge is -2.49. The third-order valence-electron chi connectivity index (χ3n) is 6.52. The summed E-state index contributed by atoms with van der Waals surface area (Å²) < 4.78 is 0. The van der Waals surface area contributed by atoms with Gasteiger partial charge in [-0.05, 0) is 101 Å². The predicted octanol–water partition coefficient (Wildman–Crippen LogP) is 5.93. The van der Waals surface area contributed by atoms with Crippen LogP contribution in [0.3, 0.4) is 0 Å². The summed E-state index contributed by atoms with van der Waals surface area (Å²) >= 11 is 0. The van der Waals surface area contributed by atoms with Crippen molar-refractivity contribution in [1.82, 2.24) is 10.2 Å². The average Bonchev–Trinajstić information content (AvgIpc) is 2.72. The number of azo groups is 1. The van der Waals surface area contributed by atoms with Gasteiger partial charge in [-0.25, -0.2) is 0 Å². The van der Waals surface area contributed by atoms with Crippen LogP contribution in [0.25, 0.3) is 0 Å². The maximum Gasteiger partial charge on any atom is 0.146 e. The summed E-state index contributed by atoms with van der Waals surface area (Å²) in [5.74, 6) is 0.985. The topological polar surface area (TPSA) is 78.4 Å². The molecular formula is C26H40N6. The Hall–Kier alpha value is -2.47. The van der Waals surface area contributed by atoms with Crippen LogP contribution in [0.15, 0.2) is 57.1 Å². The number of piperidine rings is 1. The van der Waals surface area contributed by atoms with Gasteiger partial charge in [0, 0.05) is 30.4 Å². The first kappa shape index (κ1) is 24.2. The van der Waals surface area contributed by atoms with Crippen molar-refractivity contribution in [3.8, 4) is 0 Å². The summed E-state index contributed by atoms with van der Waals surface area (Å²) in [6, 6.07) is 6.78. The third-order valence-corrected chi connectivity index (χ3v) is 6.52. The van der Waals surface area contributed by atoms with E-state index in [2.05, 4.69) is 87.1 Å². The normalized spacial score (nSPS) is 23.4. The molecule has 174 valence electrons. The smallest absolute Gasteiger partial charge is 0.146 e. The number of rotatable bonds is 6. The molecule has 0 radical (unpaired) electrons. The minimum absolute atomic E-state index is 0.0567. The number of aryl methyl sites for hydroxylation is 1. The molecule has 1 atom stereocenters. The molecule has 6 heteroatoms. The van der Waals surface area contributed by atoms with Gasteiger partial charge in [-0.3, -0.25) is 4.99 Å². The highest BCUT2D eigenvalue weighted by Gasteiger charge is 2.39. The van der Waals surface area contributed by atoms with E-state index in [4.69, 9.17) is 10.8 Å². The Kier molecular flexibility index (Phi) is 7.23. The minimum Gasteiger partial charge on any atom is -0.404 e. The molecule has 2 aliphatic heterocycles. The van der Waals surface area contributed by atoms with E-state index >= 15 is 0 Å². The average molecular weight is 437 g/mol. The van der Waals surface area contributed by atoms with Crippen LogP contribution >= 0.6 is 0 Å². The number of benzene rings is 1. The number of allylic oxidation sites excluding steroid dienone is 1. The van der Waals surface area contributed by atoms with Crippen molar-refractivity contribution in [2.45, 2.75) is 90.4 Å². The van der Waals surface area contributed by atoms with Crippen molar-refractivity contribution in [2.24, 2.45) is 21.0 Å². The van der Waals surface area contributed by atoms with Crippen molar-refractivity contribution in [3.05, 3.63) is 53.0 Å². The number of aliphatic imine (C=N–C) groups is 1. The molecule has 1 aromatic rings. The molecule has 1 unspecified atom stereocenters. The Morgan fingerprint density at radius 3 is 2.47 bits per heavy atom. The Labute approximate surface area is 193 Å². The molecule has 1 fully saturated rings. The molecule has 0 aliphatic carbocycles. The second-order valence-electron chi connectivity index (χ2n) is 10.5. The van der Waals surface area contributed by atoms with Gasteiger partial charge in [-0.2, -0.15) is 5.11 Å². The van der Waals surface area contributed by atoms with Gasteiger partial charge in [0.2, 0.25) is 0 Å². The summed E-state index contributed by atoms with van der Waals surface area (Å²) in [6.07, 6.45) is 9.59. The van der Waals surface area contributed by atoms with Gasteiger partial charge in [-0.15, -0.1) is 5.11 Å². The van der Waals surface area contributed by atoms with Crippen LogP contribution in [0.4, 0.5) is 5.69 Å². The standard InChI is InChI=1S/C26H40N6/c1-8-19(16-27)17-28-20-9-10-22(18(2)13-20)23-11-12-24(30-29-23)32(7)21-14-25(3,4)31-26(5,6)15-21/h9-10,12-13,16-17,21,23,31H,8,11,14-15,27H2,1-7H3. The fourth-order valence-electron chi connectivity index (χ4n) is 5.09. The zero-order valence-corrected chi connectivity index (χ0v) is 20.8. The second kappa shape index (κ2) is 9.57. The van der Waals surface area contributed by atoms with Gasteiger partial charge in [0.25, 0.3) is 0 Å². The third kappa shape index (κ3) is 5.85. The zero-order valence-electron chi connectivity index (χ0n) is 20.8. The molecule has 3 N–H and O–H groups in total. The highest BCUT2D eigenvalue weighted by atomic mass is 15.3. The minimum atomic E-state index is 0.0567. The van der Waals surface area contributed by atoms with Crippen molar-refractivity contribution >= 4 is 11.9 Å². The SMILES string of the molecule is CCC(C=Nc1ccc(C2CC=C(N(C)C3CC(C)(C)NC(C)(C)C3)N=N2)c(C)c1)=CN. The van der Waals surface area contributed by atoms with Crippen LogP contribution in [-0.4, -0.2) is 35.3 Å². The first-order chi connectivity index (χ1) is 15.0. The quantitative estimate of drug-likeness (QED) is 0.543. The van der Waals surface area contributed by atoms with Crippen LogP contribution < -0.4 is 11.1 Å². The van der Waals surface area contributed by atoms with Crippen molar-refractivity contribution in [2.75, 3.05) is 7.05 Å². The molecular weight excluding hydrogens is 396 g/mol. The first-order valence-corrected chi connectivity index (χ1v) is 11.7. The van der Waals surface area contributed by atoms with Gasteiger partial charge in [0.05, 0.1) is 5.69 Å². The molecule has 0 saturated carbocycles. The Bertz CT molecular complexity index is 922. The molecule has 0 amide bonds. The summed E-state index contributed by atoms with van der Waals surface area (Å²) in [5, 5.41) is 13.1. The van der Waals surface area contributed by atoms with Gasteiger partial charge in [-0.1, -0.05) is 13.0 Å². The molecule has 32 heavy (non-hydrogen) atoms. The summed E-state index contributed by atoms with van der Waals surface area (Å²) in [4.78, 5) is 6.88. The lowest BCUT2D eigenvalue weighted by atomic mass is 9.79. The van der Waals surface area contributed by atoms with E-state index < -0.39 is 0 Å². The highest BCUT2D eigenvalue weighted by molar-refractivity contribution is 5.80. The first-order valence-electron chi connectivity index (χ1n) is 11.7. The maximum atomic E-state index is 5.62. The monoisotopic (exact) mass is 436 g/mol. The van der Waals surface area contributed by atoms with Crippen LogP contribution in [0, 0.1) is 6.92 Å². The molecule has 0 bridgehead atoms. The van der Waals surface area contributed by atoms with E-state index in [-0.39, 0.29) is 17.1 Å². The van der Waals surface area contributed by atoms with Crippen molar-refractivity contribution in [3.63, 3.8) is 0 Å². The van der Waals surface area contributed by atoms with Gasteiger partial charge < -0.3 is 16.0 Å². The lowest BCUT2D eigenvalue weighted by molar-refractivity contribution is 0.0969. The summed E-state index contributed by atoms with van der Waals surface area (Å²) in [7, 11) is 2.16. The Morgan fingerprint density at radius 2 is 1.94 bits per heavy atom. The number of nitrogens with two attached hydrogens (primary N) is 1. The van der Waals surface area contributed by atoms with E-state index in [1.165, 1.54) is 11.1 Å². The maximum absolute atomic E-state index is 5.62. The van der Waals surface area contributed by atoms with Gasteiger partial charge in [0.1, 0.15) is 11.9 Å². The molecule has 0 spiro atoms. The fraction of sp³-hybridized carbons (Fsp3) is 0.577. The van der Waals surface area contributed by atoms with Crippen molar-refractivity contribution in [1.29, 1.82) is 0 Å². The van der Waals surface area contributed by atoms with E-state index in [0.29, 0.717) is 6.04 Å². The molecule has 0 aromatic heterocycles. The van der Waals surface area contributed by atoms with Crippen LogP contribution in [0.1, 0.15) is 77.5 Å². The summed E-state index contributed by atoms with van der Waals surface area (Å²) in [5.41, 5.74) is 10.2. The largest absolute Gasteiger partial charge is 0.404 e. The second-order valence-corrected chi connectivity index (χ2v) is 10.5. The van der Waals surface area contributed by atoms with Crippen LogP contribution in [-0.2, 0) is 0 Å². The van der Waals surface area contributed by atoms with E-state index in [0.717, 1.165) is 42.8 Å². The van der Waals surface area contributed by atoms with Gasteiger partial charge in [0.15, 0.2) is 0 Å². The van der Waals surface area contributed by atoms with Crippen LogP contribution in [0.5, 0.6) is 0 Å². The Morgan fingerprint density at radius 1 is 1.25 bits per heavy atom. The summed E-state index contributed by atoms with van der Waals surface area (Å²) in [6.45, 7) is 13.3. The molecule has 2 heterocycles. The van der Waals surface area contributed by atoms with Gasteiger partial charge >= 0.3 is 0 Å². The molecule has 6 nitrogen and oxygen atoms in total. The number of hydrogen-bond donors (Lipinski definition) is 2. The van der Waals surface area contributed by atoms with E-state index in [9.17, 15) is 0 Å². The number of nitrogens with one attached hydrogen (secondary N) is 1. The number of nitrogens with zero attached hydrogens (tertiary/aromatic N) is 4. The van der Waals surface area contributed by atoms with E-state index in [1.807, 2.05) is 12.3 Å².